The van der Waals surface area contributed by atoms with Crippen molar-refractivity contribution in [2.45, 2.75) is 24.7 Å². The first-order valence-corrected chi connectivity index (χ1v) is 3.07. The molecule has 0 spiro atoms. The molecule has 0 amide bonds. The maximum atomic E-state index is 8.69. The summed E-state index contributed by atoms with van der Waals surface area (Å²) in [7, 11) is 1.52. The second kappa shape index (κ2) is 2.48. The molecule has 0 aromatic heterocycles. The van der Waals surface area contributed by atoms with Crippen LogP contribution < -0.4 is 0 Å². The lowest BCUT2D eigenvalue weighted by molar-refractivity contribution is -0.311. The molecule has 5 heteroatoms. The highest BCUT2D eigenvalue weighted by atomic mass is 31.0. The molecule has 1 unspecified atom stereocenters. The predicted molar refractivity (Wildman–Crippen MR) is 34.3 cm³/mol. The van der Waals surface area contributed by atoms with Crippen LogP contribution in [-0.2, 0) is 0 Å². The number of aliphatic hydroxyl groups is 4. The summed E-state index contributed by atoms with van der Waals surface area (Å²) in [5.41, 5.74) is -2.53. The third kappa shape index (κ3) is 2.16. The van der Waals surface area contributed by atoms with Crippen LogP contribution in [0, 0.1) is 0 Å². The molecular weight excluding hydrogens is 143 g/mol. The molecule has 0 rings (SSSR count). The summed E-state index contributed by atoms with van der Waals surface area (Å²) < 4.78 is 0. The van der Waals surface area contributed by atoms with Crippen LogP contribution in [0.25, 0.3) is 0 Å². The van der Waals surface area contributed by atoms with E-state index in [1.54, 1.807) is 0 Å². The van der Waals surface area contributed by atoms with Gasteiger partial charge in [-0.15, -0.1) is 0 Å². The fourth-order valence-corrected chi connectivity index (χ4v) is 0.464. The predicted octanol–water partition coefficient (Wildman–Crippen LogP) is -1.41. The van der Waals surface area contributed by atoms with Gasteiger partial charge in [0.2, 0.25) is 11.3 Å². The van der Waals surface area contributed by atoms with Crippen molar-refractivity contribution < 1.29 is 20.4 Å². The van der Waals surface area contributed by atoms with E-state index in [-0.39, 0.29) is 6.42 Å². The largest absolute Gasteiger partial charge is 0.361 e. The van der Waals surface area contributed by atoms with E-state index in [0.717, 1.165) is 0 Å². The third-order valence-corrected chi connectivity index (χ3v) is 1.54. The van der Waals surface area contributed by atoms with Crippen molar-refractivity contribution in [1.82, 2.24) is 0 Å². The van der Waals surface area contributed by atoms with E-state index in [2.05, 4.69) is 0 Å². The lowest BCUT2D eigenvalue weighted by Crippen LogP contribution is -2.49. The molecule has 0 fully saturated rings. The van der Waals surface area contributed by atoms with Crippen LogP contribution in [-0.4, -0.2) is 31.7 Å². The first-order valence-electron chi connectivity index (χ1n) is 2.49. The SMILES string of the molecule is CCC(O)(O)C(O)(O)P. The van der Waals surface area contributed by atoms with E-state index >= 15 is 0 Å². The van der Waals surface area contributed by atoms with Crippen LogP contribution in [0.5, 0.6) is 0 Å². The van der Waals surface area contributed by atoms with E-state index in [4.69, 9.17) is 20.4 Å². The quantitative estimate of drug-likeness (QED) is 0.291. The minimum Gasteiger partial charge on any atom is -0.361 e. The summed E-state index contributed by atoms with van der Waals surface area (Å²) in [5, 5.41) is 34.5. The molecule has 0 saturated carbocycles. The van der Waals surface area contributed by atoms with E-state index in [9.17, 15) is 0 Å². The highest BCUT2D eigenvalue weighted by Crippen LogP contribution is 2.25. The van der Waals surface area contributed by atoms with Crippen LogP contribution >= 0.6 is 9.24 Å². The normalized spacial score (nSPS) is 14.0. The Labute approximate surface area is 55.3 Å². The molecule has 0 aromatic carbocycles. The molecule has 4 N–H and O–H groups in total. The molecule has 0 bridgehead atoms. The van der Waals surface area contributed by atoms with Gasteiger partial charge in [0, 0.05) is 6.42 Å². The van der Waals surface area contributed by atoms with Crippen LogP contribution in [0.15, 0.2) is 0 Å². The third-order valence-electron chi connectivity index (χ3n) is 1.08. The van der Waals surface area contributed by atoms with Crippen LogP contribution in [0.2, 0.25) is 0 Å². The van der Waals surface area contributed by atoms with Gasteiger partial charge in [-0.1, -0.05) is 16.2 Å². The Balaban J connectivity index is 4.14. The van der Waals surface area contributed by atoms with Gasteiger partial charge in [-0.3, -0.25) is 0 Å². The smallest absolute Gasteiger partial charge is 0.231 e. The number of hydrogen-bond acceptors (Lipinski definition) is 4. The van der Waals surface area contributed by atoms with Crippen molar-refractivity contribution in [1.29, 1.82) is 0 Å². The Hall–Kier alpha value is 0.270. The minimum absolute atomic E-state index is 0.149. The van der Waals surface area contributed by atoms with Crippen molar-refractivity contribution in [3.63, 3.8) is 0 Å². The maximum Gasteiger partial charge on any atom is 0.231 e. The first kappa shape index (κ1) is 9.27. The second-order valence-corrected chi connectivity index (χ2v) is 2.70. The highest BCUT2D eigenvalue weighted by molar-refractivity contribution is 7.18. The summed E-state index contributed by atoms with van der Waals surface area (Å²) in [5.74, 6) is -2.45. The van der Waals surface area contributed by atoms with Gasteiger partial charge in [-0.05, 0) is 0 Å². The zero-order valence-corrected chi connectivity index (χ0v) is 6.23. The number of rotatable bonds is 2. The van der Waals surface area contributed by atoms with Crippen molar-refractivity contribution in [2.24, 2.45) is 0 Å². The zero-order chi connectivity index (χ0) is 7.71. The van der Waals surface area contributed by atoms with Gasteiger partial charge in [0.05, 0.1) is 0 Å². The lowest BCUT2D eigenvalue weighted by Gasteiger charge is -2.30. The van der Waals surface area contributed by atoms with Gasteiger partial charge >= 0.3 is 0 Å². The molecule has 9 heavy (non-hydrogen) atoms. The Bertz CT molecular complexity index is 95.2. The van der Waals surface area contributed by atoms with Crippen molar-refractivity contribution >= 4 is 9.24 Å². The molecule has 1 atom stereocenters. The summed E-state index contributed by atoms with van der Waals surface area (Å²) in [6.07, 6.45) is -0.149. The van der Waals surface area contributed by atoms with Gasteiger partial charge < -0.3 is 20.4 Å². The molecular formula is C4H11O4P. The Morgan fingerprint density at radius 1 is 1.22 bits per heavy atom. The monoisotopic (exact) mass is 154 g/mol. The Morgan fingerprint density at radius 2 is 1.56 bits per heavy atom. The molecule has 0 aliphatic rings. The van der Waals surface area contributed by atoms with Gasteiger partial charge in [0.1, 0.15) is 0 Å². The fraction of sp³-hybridized carbons (Fsp3) is 1.00. The van der Waals surface area contributed by atoms with Crippen molar-refractivity contribution in [2.75, 3.05) is 0 Å². The molecule has 56 valence electrons. The fourth-order valence-electron chi connectivity index (χ4n) is 0.260. The maximum absolute atomic E-state index is 8.69. The molecule has 0 aliphatic carbocycles. The highest BCUT2D eigenvalue weighted by Gasteiger charge is 2.41. The standard InChI is InChI=1S/C4H11O4P/c1-2-3(5,6)4(7,8)9/h5-8H,2,9H2,1H3. The van der Waals surface area contributed by atoms with Gasteiger partial charge in [-0.25, -0.2) is 0 Å². The minimum atomic E-state index is -2.53. The van der Waals surface area contributed by atoms with E-state index in [1.807, 2.05) is 0 Å². The number of hydrogen-bond donors (Lipinski definition) is 4. The Kier molecular flexibility index (Phi) is 2.56. The summed E-state index contributed by atoms with van der Waals surface area (Å²) in [6, 6.07) is 0. The second-order valence-electron chi connectivity index (χ2n) is 1.90. The lowest BCUT2D eigenvalue weighted by atomic mass is 10.2. The van der Waals surface area contributed by atoms with Crippen molar-refractivity contribution in [3.05, 3.63) is 0 Å². The molecule has 0 radical (unpaired) electrons. The van der Waals surface area contributed by atoms with Gasteiger partial charge in [0.25, 0.3) is 0 Å². The average Bonchev–Trinajstić information content (AvgIpc) is 1.64. The van der Waals surface area contributed by atoms with E-state index in [1.165, 1.54) is 16.2 Å². The van der Waals surface area contributed by atoms with Crippen LogP contribution in [0.1, 0.15) is 13.3 Å². The summed E-state index contributed by atoms with van der Waals surface area (Å²) in [6.45, 7) is 1.42. The summed E-state index contributed by atoms with van der Waals surface area (Å²) in [4.78, 5) is 0. The van der Waals surface area contributed by atoms with E-state index < -0.39 is 11.3 Å². The van der Waals surface area contributed by atoms with Crippen molar-refractivity contribution in [3.8, 4) is 0 Å². The Morgan fingerprint density at radius 3 is 1.56 bits per heavy atom. The first-order chi connectivity index (χ1) is 3.81. The summed E-state index contributed by atoms with van der Waals surface area (Å²) >= 11 is 0. The van der Waals surface area contributed by atoms with Gasteiger partial charge in [-0.2, -0.15) is 0 Å². The van der Waals surface area contributed by atoms with Crippen LogP contribution in [0.3, 0.4) is 0 Å². The van der Waals surface area contributed by atoms with Gasteiger partial charge in [0.15, 0.2) is 0 Å². The zero-order valence-electron chi connectivity index (χ0n) is 5.07. The average molecular weight is 154 g/mol. The topological polar surface area (TPSA) is 80.9 Å². The molecule has 4 nitrogen and oxygen atoms in total. The molecule has 0 saturated heterocycles. The van der Waals surface area contributed by atoms with E-state index in [0.29, 0.717) is 0 Å². The molecule has 0 aromatic rings. The molecule has 0 heterocycles. The van der Waals surface area contributed by atoms with Crippen LogP contribution in [0.4, 0.5) is 0 Å². The molecule has 0 aliphatic heterocycles.